The third kappa shape index (κ3) is 3.86. The second-order valence-electron chi connectivity index (χ2n) is 3.40. The Balaban J connectivity index is 2.52. The lowest BCUT2D eigenvalue weighted by Gasteiger charge is -2.33. The van der Waals surface area contributed by atoms with Crippen LogP contribution in [0.5, 0.6) is 0 Å². The predicted molar refractivity (Wildman–Crippen MR) is 55.4 cm³/mol. The van der Waals surface area contributed by atoms with E-state index in [4.69, 9.17) is 9.84 Å². The molecule has 1 heterocycles. The molecule has 0 saturated carbocycles. The van der Waals surface area contributed by atoms with Crippen LogP contribution in [-0.4, -0.2) is 67.5 Å². The van der Waals surface area contributed by atoms with Crippen molar-refractivity contribution in [3.8, 4) is 0 Å². The molecule has 1 atom stereocenters. The number of rotatable bonds is 4. The molecule has 0 aromatic heterocycles. The van der Waals surface area contributed by atoms with E-state index >= 15 is 0 Å². The van der Waals surface area contributed by atoms with Crippen LogP contribution in [0.25, 0.3) is 0 Å². The molecule has 9 heteroatoms. The summed E-state index contributed by atoms with van der Waals surface area (Å²) in [6, 6.07) is -1.58. The number of carbonyl (C=O) groups is 3. The molecule has 9 nitrogen and oxygen atoms in total. The minimum Gasteiger partial charge on any atom is -0.479 e. The number of carboxylic acid groups (broad SMARTS) is 1. The van der Waals surface area contributed by atoms with E-state index < -0.39 is 30.6 Å². The van der Waals surface area contributed by atoms with Gasteiger partial charge >= 0.3 is 18.0 Å². The number of aliphatic carboxylic acids is 1. The molecule has 2 N–H and O–H groups in total. The Morgan fingerprint density at radius 2 is 2.22 bits per heavy atom. The molecule has 18 heavy (non-hydrogen) atoms. The fourth-order valence-corrected chi connectivity index (χ4v) is 1.40. The van der Waals surface area contributed by atoms with Gasteiger partial charge in [0.2, 0.25) is 0 Å². The highest BCUT2D eigenvalue weighted by atomic mass is 16.7. The van der Waals surface area contributed by atoms with Crippen molar-refractivity contribution in [2.24, 2.45) is 0 Å². The summed E-state index contributed by atoms with van der Waals surface area (Å²) in [6.45, 7) is -0.181. The van der Waals surface area contributed by atoms with E-state index in [2.05, 4.69) is 9.57 Å². The first kappa shape index (κ1) is 14.2. The summed E-state index contributed by atoms with van der Waals surface area (Å²) in [5, 5.41) is 8.33. The van der Waals surface area contributed by atoms with Gasteiger partial charge in [-0.3, -0.25) is 4.84 Å². The predicted octanol–water partition coefficient (Wildman–Crippen LogP) is -1.41. The lowest BCUT2D eigenvalue weighted by molar-refractivity contribution is -0.152. The number of ether oxygens (including phenoxy) is 2. The maximum Gasteiger partial charge on any atom is 0.342 e. The molecule has 0 aliphatic carbocycles. The van der Waals surface area contributed by atoms with Crippen molar-refractivity contribution in [1.82, 2.24) is 10.4 Å². The average molecular weight is 262 g/mol. The summed E-state index contributed by atoms with van der Waals surface area (Å²) in [6.07, 6.45) is 0. The molecule has 0 bridgehead atoms. The van der Waals surface area contributed by atoms with E-state index in [0.717, 1.165) is 4.90 Å². The van der Waals surface area contributed by atoms with E-state index in [1.54, 1.807) is 0 Å². The third-order valence-corrected chi connectivity index (χ3v) is 2.22. The van der Waals surface area contributed by atoms with Gasteiger partial charge in [-0.25, -0.2) is 19.9 Å². The minimum atomic E-state index is -1.22. The summed E-state index contributed by atoms with van der Waals surface area (Å²) in [7, 11) is 1.20. The number of morpholine rings is 1. The van der Waals surface area contributed by atoms with Gasteiger partial charge in [-0.15, -0.1) is 0 Å². The minimum absolute atomic E-state index is 0.0268. The van der Waals surface area contributed by atoms with Crippen molar-refractivity contribution in [1.29, 1.82) is 0 Å². The standard InChI is InChI=1S/C9H14N2O7/c1-16-8(14)6-4-17-3-2-11(6)9(15)10-18-5-7(12)13/h6H,2-5H2,1H3,(H,10,15)(H,12,13). The monoisotopic (exact) mass is 262 g/mol. The van der Waals surface area contributed by atoms with E-state index in [9.17, 15) is 14.4 Å². The molecule has 1 aliphatic rings. The zero-order valence-corrected chi connectivity index (χ0v) is 9.75. The third-order valence-electron chi connectivity index (χ3n) is 2.22. The molecule has 1 rings (SSSR count). The molecule has 0 radical (unpaired) electrons. The zero-order valence-electron chi connectivity index (χ0n) is 9.75. The molecule has 0 aromatic carbocycles. The first-order chi connectivity index (χ1) is 8.56. The van der Waals surface area contributed by atoms with Gasteiger partial charge in [0.1, 0.15) is 0 Å². The van der Waals surface area contributed by atoms with Crippen LogP contribution < -0.4 is 5.48 Å². The molecule has 0 spiro atoms. The number of methoxy groups -OCH3 is 1. The van der Waals surface area contributed by atoms with E-state index in [0.29, 0.717) is 0 Å². The summed E-state index contributed by atoms with van der Waals surface area (Å²) in [4.78, 5) is 38.8. The number of nitrogens with zero attached hydrogens (tertiary/aromatic N) is 1. The molecular formula is C9H14N2O7. The highest BCUT2D eigenvalue weighted by Gasteiger charge is 2.33. The molecule has 1 saturated heterocycles. The SMILES string of the molecule is COC(=O)C1COCCN1C(=O)NOCC(=O)O. The van der Waals surface area contributed by atoms with E-state index in [1.807, 2.05) is 5.48 Å². The lowest BCUT2D eigenvalue weighted by atomic mass is 10.2. The number of hydroxylamine groups is 1. The number of hydrogen-bond donors (Lipinski definition) is 2. The van der Waals surface area contributed by atoms with Crippen LogP contribution in [0.1, 0.15) is 0 Å². The summed E-state index contributed by atoms with van der Waals surface area (Å²) in [5.74, 6) is -1.83. The first-order valence-corrected chi connectivity index (χ1v) is 5.12. The maximum atomic E-state index is 11.6. The quantitative estimate of drug-likeness (QED) is 0.472. The van der Waals surface area contributed by atoms with Gasteiger partial charge in [0.25, 0.3) is 0 Å². The molecule has 2 amide bonds. The number of esters is 1. The van der Waals surface area contributed by atoms with E-state index in [-0.39, 0.29) is 19.8 Å². The molecular weight excluding hydrogens is 248 g/mol. The van der Waals surface area contributed by atoms with Crippen molar-refractivity contribution in [3.05, 3.63) is 0 Å². The summed E-state index contributed by atoms with van der Waals surface area (Å²) in [5.41, 5.74) is 1.94. The number of amides is 2. The van der Waals surface area contributed by atoms with Gasteiger partial charge < -0.3 is 19.5 Å². The Bertz CT molecular complexity index is 333. The number of nitrogens with one attached hydrogen (secondary N) is 1. The normalized spacial score (nSPS) is 19.2. The number of hydrogen-bond acceptors (Lipinski definition) is 6. The van der Waals surface area contributed by atoms with Crippen molar-refractivity contribution in [2.45, 2.75) is 6.04 Å². The maximum absolute atomic E-state index is 11.6. The Labute approximate surface area is 103 Å². The Kier molecular flexibility index (Phi) is 5.33. The number of carboxylic acids is 1. The van der Waals surface area contributed by atoms with Gasteiger partial charge in [0, 0.05) is 6.54 Å². The van der Waals surface area contributed by atoms with Crippen LogP contribution in [-0.2, 0) is 23.9 Å². The van der Waals surface area contributed by atoms with Crippen LogP contribution in [0, 0.1) is 0 Å². The fraction of sp³-hybridized carbons (Fsp3) is 0.667. The number of urea groups is 1. The lowest BCUT2D eigenvalue weighted by Crippen LogP contribution is -2.56. The summed E-state index contributed by atoms with van der Waals surface area (Å²) >= 11 is 0. The number of carbonyl (C=O) groups excluding carboxylic acids is 2. The van der Waals surface area contributed by atoms with Crippen LogP contribution >= 0.6 is 0 Å². The van der Waals surface area contributed by atoms with Crippen LogP contribution in [0.3, 0.4) is 0 Å². The van der Waals surface area contributed by atoms with Crippen molar-refractivity contribution in [3.63, 3.8) is 0 Å². The topological polar surface area (TPSA) is 114 Å². The average Bonchev–Trinajstić information content (AvgIpc) is 2.37. The fourth-order valence-electron chi connectivity index (χ4n) is 1.40. The van der Waals surface area contributed by atoms with Crippen LogP contribution in [0.15, 0.2) is 0 Å². The second kappa shape index (κ2) is 6.77. The second-order valence-corrected chi connectivity index (χ2v) is 3.40. The van der Waals surface area contributed by atoms with Gasteiger partial charge in [0.15, 0.2) is 12.6 Å². The Hall–Kier alpha value is -1.87. The van der Waals surface area contributed by atoms with Crippen molar-refractivity contribution < 1.29 is 33.8 Å². The molecule has 1 fully saturated rings. The first-order valence-electron chi connectivity index (χ1n) is 5.12. The molecule has 1 aliphatic heterocycles. The molecule has 1 unspecified atom stereocenters. The van der Waals surface area contributed by atoms with E-state index in [1.165, 1.54) is 7.11 Å². The molecule has 0 aromatic rings. The van der Waals surface area contributed by atoms with Crippen LogP contribution in [0.4, 0.5) is 4.79 Å². The highest BCUT2D eigenvalue weighted by Crippen LogP contribution is 2.08. The Morgan fingerprint density at radius 1 is 1.50 bits per heavy atom. The largest absolute Gasteiger partial charge is 0.479 e. The van der Waals surface area contributed by atoms with Crippen molar-refractivity contribution >= 4 is 18.0 Å². The highest BCUT2D eigenvalue weighted by molar-refractivity contribution is 5.83. The van der Waals surface area contributed by atoms with Gasteiger partial charge in [-0.1, -0.05) is 0 Å². The summed E-state index contributed by atoms with van der Waals surface area (Å²) < 4.78 is 9.61. The van der Waals surface area contributed by atoms with Gasteiger partial charge in [-0.05, 0) is 0 Å². The van der Waals surface area contributed by atoms with Crippen molar-refractivity contribution in [2.75, 3.05) is 33.5 Å². The Morgan fingerprint density at radius 3 is 2.83 bits per heavy atom. The van der Waals surface area contributed by atoms with Crippen LogP contribution in [0.2, 0.25) is 0 Å². The zero-order chi connectivity index (χ0) is 13.5. The van der Waals surface area contributed by atoms with Gasteiger partial charge in [0.05, 0.1) is 20.3 Å². The van der Waals surface area contributed by atoms with Gasteiger partial charge in [-0.2, -0.15) is 0 Å². The smallest absolute Gasteiger partial charge is 0.342 e. The molecule has 102 valence electrons.